The highest BCUT2D eigenvalue weighted by molar-refractivity contribution is 7.33. The molecule has 0 aliphatic rings. The molecule has 0 aromatic heterocycles. The highest BCUT2D eigenvalue weighted by Crippen LogP contribution is 2.24. The highest BCUT2D eigenvalue weighted by Gasteiger charge is 2.19. The zero-order valence-electron chi connectivity index (χ0n) is 15.7. The van der Waals surface area contributed by atoms with E-state index in [0.717, 1.165) is 0 Å². The number of para-hydroxylation sites is 2. The molecule has 150 valence electrons. The number of carbonyl (C=O) groups is 2. The maximum Gasteiger partial charge on any atom is 0.319 e. The minimum absolute atomic E-state index is 0.391. The summed E-state index contributed by atoms with van der Waals surface area (Å²) in [6.45, 7) is 2.28. The number of carbonyl (C=O) groups excluding carboxylic acids is 2. The van der Waals surface area contributed by atoms with E-state index < -0.39 is 45.2 Å². The smallest absolute Gasteiger partial charge is 0.319 e. The molecule has 0 N–H and O–H groups in total. The molecule has 0 saturated heterocycles. The van der Waals surface area contributed by atoms with Crippen molar-refractivity contribution < 1.29 is 32.7 Å². The van der Waals surface area contributed by atoms with Gasteiger partial charge in [0, 0.05) is 0 Å². The van der Waals surface area contributed by atoms with Gasteiger partial charge in [0.15, 0.2) is 23.8 Å². The number of hydrogen-bond donors (Lipinski definition) is 0. The number of benzene rings is 2. The third kappa shape index (κ3) is 7.64. The first-order valence-corrected chi connectivity index (χ1v) is 9.96. The van der Waals surface area contributed by atoms with Crippen molar-refractivity contribution in [2.24, 2.45) is 0 Å². The lowest BCUT2D eigenvalue weighted by molar-refractivity contribution is -0.127. The van der Waals surface area contributed by atoms with Crippen molar-refractivity contribution in [3.8, 4) is 11.5 Å². The molecule has 0 aliphatic carbocycles. The summed E-state index contributed by atoms with van der Waals surface area (Å²) >= 11 is 0. The molecule has 0 radical (unpaired) electrons. The molecule has 0 amide bonds. The molecular weight excluding hydrogens is 383 g/mol. The Kier molecular flexibility index (Phi) is 8.88. The Bertz CT molecular complexity index is 714. The molecule has 0 bridgehead atoms. The molecule has 0 saturated carbocycles. The Labute approximate surface area is 164 Å². The largest absolute Gasteiger partial charge is 0.483 e. The first-order chi connectivity index (χ1) is 13.5. The summed E-state index contributed by atoms with van der Waals surface area (Å²) in [5.41, 5.74) is 0. The van der Waals surface area contributed by atoms with Gasteiger partial charge in [-0.3, -0.25) is 14.2 Å². The van der Waals surface area contributed by atoms with E-state index in [2.05, 4.69) is 0 Å². The third-order valence-electron chi connectivity index (χ3n) is 3.68. The summed E-state index contributed by atoms with van der Waals surface area (Å²) in [6.07, 6.45) is -1.53. The normalized spacial score (nSPS) is 13.0. The number of hydrogen-bond acceptors (Lipinski definition) is 7. The van der Waals surface area contributed by atoms with Crippen LogP contribution < -0.4 is 9.47 Å². The van der Waals surface area contributed by atoms with Gasteiger partial charge >= 0.3 is 8.25 Å². The highest BCUT2D eigenvalue weighted by atomic mass is 31.1. The number of rotatable bonds is 12. The average molecular weight is 406 g/mol. The van der Waals surface area contributed by atoms with Crippen molar-refractivity contribution >= 4 is 19.8 Å². The lowest BCUT2D eigenvalue weighted by Crippen LogP contribution is -2.28. The van der Waals surface area contributed by atoms with Crippen LogP contribution in [0.5, 0.6) is 11.5 Å². The van der Waals surface area contributed by atoms with Crippen LogP contribution in [0.15, 0.2) is 60.7 Å². The molecule has 2 atom stereocenters. The molecule has 0 aliphatic heterocycles. The molecule has 8 heteroatoms. The van der Waals surface area contributed by atoms with Gasteiger partial charge in [0.1, 0.15) is 24.7 Å². The molecule has 7 nitrogen and oxygen atoms in total. The van der Waals surface area contributed by atoms with Crippen LogP contribution in [0.2, 0.25) is 0 Å². The Morgan fingerprint density at radius 3 is 1.46 bits per heavy atom. The van der Waals surface area contributed by atoms with Gasteiger partial charge < -0.3 is 18.5 Å². The first kappa shape index (κ1) is 21.8. The van der Waals surface area contributed by atoms with Gasteiger partial charge in [-0.25, -0.2) is 0 Å². The molecule has 0 heterocycles. The van der Waals surface area contributed by atoms with Crippen LogP contribution in [-0.4, -0.2) is 37.0 Å². The molecule has 2 aromatic carbocycles. The number of Topliss-reactive ketones (excluding diaryl/α,β-unsaturated/α-hetero) is 2. The lowest BCUT2D eigenvalue weighted by Gasteiger charge is -2.14. The van der Waals surface area contributed by atoms with Crippen LogP contribution in [0.3, 0.4) is 0 Å². The SMILES string of the molecule is C[C@@H](Oc1ccccc1)C(=O)CO[PH](=O)OCC(=O)[C@@H](C)Oc1ccccc1. The monoisotopic (exact) mass is 406 g/mol. The molecular formula is C20H23O7P. The minimum Gasteiger partial charge on any atom is -0.483 e. The van der Waals surface area contributed by atoms with Crippen molar-refractivity contribution in [3.05, 3.63) is 60.7 Å². The summed E-state index contributed by atoms with van der Waals surface area (Å²) in [7, 11) is -2.99. The third-order valence-corrected chi connectivity index (χ3v) is 4.44. The van der Waals surface area contributed by atoms with Crippen molar-refractivity contribution in [1.82, 2.24) is 0 Å². The fraction of sp³-hybridized carbons (Fsp3) is 0.300. The van der Waals surface area contributed by atoms with Gasteiger partial charge in [0.2, 0.25) is 0 Å². The lowest BCUT2D eigenvalue weighted by atomic mass is 10.2. The predicted octanol–water partition coefficient (Wildman–Crippen LogP) is 3.48. The van der Waals surface area contributed by atoms with E-state index in [1.165, 1.54) is 0 Å². The molecule has 0 unspecified atom stereocenters. The maximum absolute atomic E-state index is 12.0. The van der Waals surface area contributed by atoms with E-state index in [-0.39, 0.29) is 0 Å². The van der Waals surface area contributed by atoms with Crippen molar-refractivity contribution in [3.63, 3.8) is 0 Å². The van der Waals surface area contributed by atoms with Crippen LogP contribution >= 0.6 is 8.25 Å². The minimum atomic E-state index is -2.99. The van der Waals surface area contributed by atoms with E-state index in [9.17, 15) is 14.2 Å². The average Bonchev–Trinajstić information content (AvgIpc) is 2.71. The Morgan fingerprint density at radius 2 is 1.11 bits per heavy atom. The maximum atomic E-state index is 12.0. The van der Waals surface area contributed by atoms with Crippen LogP contribution in [0.25, 0.3) is 0 Å². The molecule has 2 rings (SSSR count). The summed E-state index contributed by atoms with van der Waals surface area (Å²) < 4.78 is 32.5. The van der Waals surface area contributed by atoms with Crippen LogP contribution in [0.1, 0.15) is 13.8 Å². The zero-order valence-corrected chi connectivity index (χ0v) is 16.7. The second-order valence-corrected chi connectivity index (χ2v) is 6.98. The number of ketones is 2. The van der Waals surface area contributed by atoms with E-state index in [4.69, 9.17) is 18.5 Å². The first-order valence-electron chi connectivity index (χ1n) is 8.74. The molecule has 0 fully saturated rings. The van der Waals surface area contributed by atoms with Crippen molar-refractivity contribution in [2.45, 2.75) is 26.1 Å². The van der Waals surface area contributed by atoms with E-state index in [1.54, 1.807) is 62.4 Å². The van der Waals surface area contributed by atoms with Gasteiger partial charge in [0.25, 0.3) is 0 Å². The molecule has 2 aromatic rings. The van der Waals surface area contributed by atoms with E-state index in [1.807, 2.05) is 12.1 Å². The molecule has 28 heavy (non-hydrogen) atoms. The van der Waals surface area contributed by atoms with E-state index in [0.29, 0.717) is 11.5 Å². The fourth-order valence-electron chi connectivity index (χ4n) is 2.07. The van der Waals surface area contributed by atoms with Gasteiger partial charge in [0.05, 0.1) is 0 Å². The summed E-state index contributed by atoms with van der Waals surface area (Å²) in [4.78, 5) is 24.0. The summed E-state index contributed by atoms with van der Waals surface area (Å²) in [6, 6.07) is 17.7. The van der Waals surface area contributed by atoms with E-state index >= 15 is 0 Å². The molecule has 0 spiro atoms. The predicted molar refractivity (Wildman–Crippen MR) is 104 cm³/mol. The van der Waals surface area contributed by atoms with Gasteiger partial charge in [-0.2, -0.15) is 0 Å². The summed E-state index contributed by atoms with van der Waals surface area (Å²) in [5, 5.41) is 0. The standard InChI is InChI=1S/C20H23O7P/c1-15(26-17-9-5-3-6-10-17)19(21)13-24-28(23)25-14-20(22)16(2)27-18-11-7-4-8-12-18/h3-12,15-16,28H,13-14H2,1-2H3/t15-,16-/m1/s1. The second-order valence-electron chi connectivity index (χ2n) is 5.91. The zero-order chi connectivity index (χ0) is 20.4. The van der Waals surface area contributed by atoms with Gasteiger partial charge in [-0.15, -0.1) is 0 Å². The Hall–Kier alpha value is -2.47. The van der Waals surface area contributed by atoms with Crippen molar-refractivity contribution in [2.75, 3.05) is 13.2 Å². The summed E-state index contributed by atoms with van der Waals surface area (Å²) in [5.74, 6) is 0.311. The Balaban J connectivity index is 1.67. The van der Waals surface area contributed by atoms with Crippen molar-refractivity contribution in [1.29, 1.82) is 0 Å². The second kappa shape index (κ2) is 11.4. The Morgan fingerprint density at radius 1 is 0.750 bits per heavy atom. The topological polar surface area (TPSA) is 88.1 Å². The fourth-order valence-corrected chi connectivity index (χ4v) is 2.68. The van der Waals surface area contributed by atoms with Crippen LogP contribution in [-0.2, 0) is 23.2 Å². The van der Waals surface area contributed by atoms with Gasteiger partial charge in [-0.1, -0.05) is 36.4 Å². The number of ether oxygens (including phenoxy) is 2. The van der Waals surface area contributed by atoms with Crippen LogP contribution in [0.4, 0.5) is 0 Å². The van der Waals surface area contributed by atoms with Crippen LogP contribution in [0, 0.1) is 0 Å². The van der Waals surface area contributed by atoms with Gasteiger partial charge in [-0.05, 0) is 38.1 Å². The quantitative estimate of drug-likeness (QED) is 0.499.